The van der Waals surface area contributed by atoms with Crippen LogP contribution >= 0.6 is 0 Å². The quantitative estimate of drug-likeness (QED) is 0.794. The molecule has 2 heterocycles. The van der Waals surface area contributed by atoms with Gasteiger partial charge in [-0.3, -0.25) is 0 Å². The topological polar surface area (TPSA) is 93.4 Å². The minimum Gasteiger partial charge on any atom is -0.368 e. The Labute approximate surface area is 98.8 Å². The van der Waals surface area contributed by atoms with Gasteiger partial charge in [-0.2, -0.15) is 5.26 Å². The molecule has 2 aromatic rings. The van der Waals surface area contributed by atoms with E-state index in [1.54, 1.807) is 18.6 Å². The summed E-state index contributed by atoms with van der Waals surface area (Å²) in [6, 6.07) is 3.88. The van der Waals surface area contributed by atoms with Gasteiger partial charge in [0.05, 0.1) is 18.1 Å². The lowest BCUT2D eigenvalue weighted by atomic mass is 10.3. The Hall–Kier alpha value is -2.42. The highest BCUT2D eigenvalue weighted by Gasteiger charge is 2.04. The van der Waals surface area contributed by atoms with Crippen LogP contribution < -0.4 is 5.73 Å². The smallest absolute Gasteiger partial charge is 0.220 e. The van der Waals surface area contributed by atoms with Crippen molar-refractivity contribution in [1.29, 1.82) is 5.26 Å². The molecule has 0 unspecified atom stereocenters. The molecule has 6 nitrogen and oxygen atoms in total. The fourth-order valence-corrected chi connectivity index (χ4v) is 1.47. The van der Waals surface area contributed by atoms with Gasteiger partial charge in [-0.25, -0.2) is 15.0 Å². The number of anilines is 1. The number of rotatable bonds is 4. The van der Waals surface area contributed by atoms with Crippen LogP contribution in [-0.2, 0) is 6.54 Å². The molecule has 0 fully saturated rings. The van der Waals surface area contributed by atoms with Crippen molar-refractivity contribution < 1.29 is 0 Å². The highest BCUT2D eigenvalue weighted by atomic mass is 15.1. The van der Waals surface area contributed by atoms with E-state index in [4.69, 9.17) is 11.0 Å². The molecular formula is C11H12N6. The number of unbranched alkanes of at least 4 members (excludes halogenated alkanes) is 1. The molecule has 0 saturated heterocycles. The first kappa shape index (κ1) is 11.1. The van der Waals surface area contributed by atoms with Crippen molar-refractivity contribution in [2.75, 3.05) is 5.73 Å². The summed E-state index contributed by atoms with van der Waals surface area (Å²) in [4.78, 5) is 12.2. The molecule has 6 heteroatoms. The third-order valence-electron chi connectivity index (χ3n) is 2.27. The van der Waals surface area contributed by atoms with Crippen molar-refractivity contribution in [3.05, 3.63) is 24.8 Å². The first-order chi connectivity index (χ1) is 8.29. The Kier molecular flexibility index (Phi) is 3.31. The molecule has 0 spiro atoms. The summed E-state index contributed by atoms with van der Waals surface area (Å²) in [6.07, 6.45) is 6.59. The summed E-state index contributed by atoms with van der Waals surface area (Å²) in [7, 11) is 0. The van der Waals surface area contributed by atoms with E-state index < -0.39 is 0 Å². The Morgan fingerprint density at radius 2 is 2.24 bits per heavy atom. The van der Waals surface area contributed by atoms with E-state index in [1.165, 1.54) is 0 Å². The van der Waals surface area contributed by atoms with Crippen LogP contribution in [0.4, 0.5) is 5.95 Å². The number of hydrogen-bond acceptors (Lipinski definition) is 5. The normalized spacial score (nSPS) is 10.1. The van der Waals surface area contributed by atoms with Gasteiger partial charge in [-0.15, -0.1) is 0 Å². The number of imidazole rings is 1. The molecule has 0 aliphatic heterocycles. The van der Waals surface area contributed by atoms with E-state index in [1.807, 2.05) is 10.8 Å². The number of hydrogen-bond donors (Lipinski definition) is 1. The molecule has 86 valence electrons. The van der Waals surface area contributed by atoms with E-state index in [0.29, 0.717) is 12.1 Å². The molecule has 0 aliphatic carbocycles. The van der Waals surface area contributed by atoms with E-state index in [0.717, 1.165) is 18.7 Å². The average Bonchev–Trinajstić information content (AvgIpc) is 2.78. The highest BCUT2D eigenvalue weighted by Crippen LogP contribution is 2.14. The number of nitrogens with zero attached hydrogens (tertiary/aromatic N) is 5. The first-order valence-corrected chi connectivity index (χ1v) is 5.27. The summed E-state index contributed by atoms with van der Waals surface area (Å²) in [5.41, 5.74) is 6.97. The van der Waals surface area contributed by atoms with Gasteiger partial charge in [0.15, 0.2) is 0 Å². The van der Waals surface area contributed by atoms with Crippen LogP contribution in [0.2, 0.25) is 0 Å². The van der Waals surface area contributed by atoms with Crippen molar-refractivity contribution in [2.24, 2.45) is 0 Å². The second-order valence-electron chi connectivity index (χ2n) is 3.56. The maximum absolute atomic E-state index is 8.45. The first-order valence-electron chi connectivity index (χ1n) is 5.27. The Bertz CT molecular complexity index is 539. The van der Waals surface area contributed by atoms with Gasteiger partial charge in [0.1, 0.15) is 5.69 Å². The molecule has 17 heavy (non-hydrogen) atoms. The van der Waals surface area contributed by atoms with E-state index in [-0.39, 0.29) is 5.95 Å². The lowest BCUT2D eigenvalue weighted by Crippen LogP contribution is -1.95. The third-order valence-corrected chi connectivity index (χ3v) is 2.27. The molecular weight excluding hydrogens is 216 g/mol. The van der Waals surface area contributed by atoms with Crippen molar-refractivity contribution in [3.8, 4) is 17.5 Å². The van der Waals surface area contributed by atoms with Crippen molar-refractivity contribution in [1.82, 2.24) is 19.5 Å². The minimum absolute atomic E-state index is 0.238. The molecule has 0 aromatic carbocycles. The second-order valence-corrected chi connectivity index (χ2v) is 3.56. The zero-order valence-electron chi connectivity index (χ0n) is 9.24. The maximum Gasteiger partial charge on any atom is 0.220 e. The Morgan fingerprint density at radius 3 is 3.00 bits per heavy atom. The SMILES string of the molecule is N#CCCCn1cnc(-c2ccnc(N)n2)c1. The Balaban J connectivity index is 2.10. The minimum atomic E-state index is 0.238. The zero-order chi connectivity index (χ0) is 12.1. The number of aromatic nitrogens is 4. The zero-order valence-corrected chi connectivity index (χ0v) is 9.24. The van der Waals surface area contributed by atoms with Crippen LogP contribution in [0.1, 0.15) is 12.8 Å². The maximum atomic E-state index is 8.45. The third kappa shape index (κ3) is 2.78. The highest BCUT2D eigenvalue weighted by molar-refractivity contribution is 5.53. The lowest BCUT2D eigenvalue weighted by molar-refractivity contribution is 0.653. The van der Waals surface area contributed by atoms with Crippen LogP contribution in [-0.4, -0.2) is 19.5 Å². The largest absolute Gasteiger partial charge is 0.368 e. The predicted molar refractivity (Wildman–Crippen MR) is 62.5 cm³/mol. The summed E-state index contributed by atoms with van der Waals surface area (Å²) in [5, 5.41) is 8.45. The van der Waals surface area contributed by atoms with Gasteiger partial charge in [0, 0.05) is 25.4 Å². The van der Waals surface area contributed by atoms with Gasteiger partial charge in [-0.05, 0) is 12.5 Å². The summed E-state index contributed by atoms with van der Waals surface area (Å²) >= 11 is 0. The van der Waals surface area contributed by atoms with Crippen LogP contribution in [0.3, 0.4) is 0 Å². The second kappa shape index (κ2) is 5.07. The molecule has 2 rings (SSSR count). The van der Waals surface area contributed by atoms with Crippen molar-refractivity contribution in [2.45, 2.75) is 19.4 Å². The monoisotopic (exact) mass is 228 g/mol. The van der Waals surface area contributed by atoms with Gasteiger partial charge in [-0.1, -0.05) is 0 Å². The van der Waals surface area contributed by atoms with Crippen molar-refractivity contribution in [3.63, 3.8) is 0 Å². The van der Waals surface area contributed by atoms with Crippen LogP contribution in [0.15, 0.2) is 24.8 Å². The molecule has 0 atom stereocenters. The summed E-state index contributed by atoms with van der Waals surface area (Å²) in [6.45, 7) is 0.779. The van der Waals surface area contributed by atoms with Gasteiger partial charge in [0.2, 0.25) is 5.95 Å². The lowest BCUT2D eigenvalue weighted by Gasteiger charge is -1.98. The number of aryl methyl sites for hydroxylation is 1. The number of nitrogen functional groups attached to an aromatic ring is 1. The standard InChI is InChI=1S/C11H12N6/c12-4-1-2-6-17-7-10(15-8-17)9-3-5-14-11(13)16-9/h3,5,7-8H,1-2,6H2,(H2,13,14,16). The van der Waals surface area contributed by atoms with Crippen LogP contribution in [0.25, 0.3) is 11.4 Å². The fraction of sp³-hybridized carbons (Fsp3) is 0.273. The van der Waals surface area contributed by atoms with E-state index in [9.17, 15) is 0 Å². The summed E-state index contributed by atoms with van der Waals surface area (Å²) in [5.74, 6) is 0.238. The molecule has 2 aromatic heterocycles. The summed E-state index contributed by atoms with van der Waals surface area (Å²) < 4.78 is 1.94. The molecule has 0 aliphatic rings. The fourth-order valence-electron chi connectivity index (χ4n) is 1.47. The van der Waals surface area contributed by atoms with Crippen molar-refractivity contribution >= 4 is 5.95 Å². The molecule has 0 amide bonds. The molecule has 0 saturated carbocycles. The van der Waals surface area contributed by atoms with Gasteiger partial charge in [0.25, 0.3) is 0 Å². The Morgan fingerprint density at radius 1 is 1.35 bits per heavy atom. The van der Waals surface area contributed by atoms with Gasteiger partial charge < -0.3 is 10.3 Å². The van der Waals surface area contributed by atoms with Crippen LogP contribution in [0.5, 0.6) is 0 Å². The van der Waals surface area contributed by atoms with E-state index in [2.05, 4.69) is 21.0 Å². The number of nitrogens with two attached hydrogens (primary N) is 1. The van der Waals surface area contributed by atoms with Crippen LogP contribution in [0, 0.1) is 11.3 Å². The molecule has 2 N–H and O–H groups in total. The van der Waals surface area contributed by atoms with Gasteiger partial charge >= 0.3 is 0 Å². The molecule has 0 radical (unpaired) electrons. The molecule has 0 bridgehead atoms. The predicted octanol–water partition coefficient (Wildman–Crippen LogP) is 1.23. The van der Waals surface area contributed by atoms with E-state index >= 15 is 0 Å². The average molecular weight is 228 g/mol. The number of nitriles is 1.